The minimum Gasteiger partial charge on any atom is -0.343 e. The van der Waals surface area contributed by atoms with E-state index in [1.807, 2.05) is 0 Å². The van der Waals surface area contributed by atoms with Crippen LogP contribution in [0.5, 0.6) is 0 Å². The molecule has 0 bridgehead atoms. The highest BCUT2D eigenvalue weighted by atomic mass is 35.5. The van der Waals surface area contributed by atoms with Gasteiger partial charge in [-0.25, -0.2) is 18.1 Å². The number of benzene rings is 2. The van der Waals surface area contributed by atoms with Gasteiger partial charge in [0.2, 0.25) is 10.0 Å². The van der Waals surface area contributed by atoms with E-state index < -0.39 is 21.8 Å². The van der Waals surface area contributed by atoms with Gasteiger partial charge in [-0.1, -0.05) is 29.3 Å². The number of amides is 2. The number of nitrogens with zero attached hydrogens (tertiary/aromatic N) is 2. The van der Waals surface area contributed by atoms with Gasteiger partial charge in [0.1, 0.15) is 0 Å². The molecule has 2 amide bonds. The van der Waals surface area contributed by atoms with Gasteiger partial charge in [-0.15, -0.1) is 0 Å². The Morgan fingerprint density at radius 3 is 2.21 bits per heavy atom. The molecule has 0 aliphatic heterocycles. The molecule has 2 rings (SSSR count). The van der Waals surface area contributed by atoms with Crippen LogP contribution in [0.2, 0.25) is 10.0 Å². The van der Waals surface area contributed by atoms with Gasteiger partial charge in [0.05, 0.1) is 27.7 Å². The fourth-order valence-electron chi connectivity index (χ4n) is 2.09. The van der Waals surface area contributed by atoms with Crippen molar-refractivity contribution in [3.05, 3.63) is 63.6 Å². The number of nitrogens with one attached hydrogen (secondary N) is 2. The van der Waals surface area contributed by atoms with Gasteiger partial charge in [-0.05, 0) is 36.4 Å². The smallest absolute Gasteiger partial charge is 0.259 e. The molecular weight excluding hydrogens is 439 g/mol. The molecule has 2 aromatic rings. The van der Waals surface area contributed by atoms with E-state index in [9.17, 15) is 18.0 Å². The van der Waals surface area contributed by atoms with E-state index in [0.717, 1.165) is 4.31 Å². The SMILES string of the molecule is CN(C)S(=O)(=O)c1ccc(C(=O)NCC(=O)N/N=C/c2c(Cl)cccc2Cl)cc1. The Labute approximate surface area is 178 Å². The highest BCUT2D eigenvalue weighted by Crippen LogP contribution is 2.22. The minimum atomic E-state index is -3.58. The normalized spacial score (nSPS) is 11.6. The molecule has 8 nitrogen and oxygen atoms in total. The van der Waals surface area contributed by atoms with E-state index in [1.165, 1.54) is 44.6 Å². The first kappa shape index (κ1) is 22.8. The van der Waals surface area contributed by atoms with Crippen molar-refractivity contribution in [3.8, 4) is 0 Å². The van der Waals surface area contributed by atoms with E-state index in [0.29, 0.717) is 15.6 Å². The van der Waals surface area contributed by atoms with Crippen molar-refractivity contribution in [2.24, 2.45) is 5.10 Å². The molecule has 2 aromatic carbocycles. The minimum absolute atomic E-state index is 0.0596. The zero-order chi connectivity index (χ0) is 21.6. The summed E-state index contributed by atoms with van der Waals surface area (Å²) < 4.78 is 25.1. The van der Waals surface area contributed by atoms with Gasteiger partial charge < -0.3 is 5.32 Å². The van der Waals surface area contributed by atoms with Crippen molar-refractivity contribution in [2.45, 2.75) is 4.90 Å². The van der Waals surface area contributed by atoms with Crippen LogP contribution in [0.25, 0.3) is 0 Å². The van der Waals surface area contributed by atoms with Gasteiger partial charge >= 0.3 is 0 Å². The zero-order valence-electron chi connectivity index (χ0n) is 15.5. The Balaban J connectivity index is 1.90. The van der Waals surface area contributed by atoms with Crippen LogP contribution in [0, 0.1) is 0 Å². The molecular formula is C18H18Cl2N4O4S. The van der Waals surface area contributed by atoms with Crippen LogP contribution in [0.15, 0.2) is 52.5 Å². The van der Waals surface area contributed by atoms with Crippen LogP contribution >= 0.6 is 23.2 Å². The third-order valence-corrected chi connectivity index (χ3v) is 6.18. The van der Waals surface area contributed by atoms with Crippen molar-refractivity contribution < 1.29 is 18.0 Å². The van der Waals surface area contributed by atoms with Gasteiger partial charge in [-0.3, -0.25) is 9.59 Å². The van der Waals surface area contributed by atoms with Gasteiger partial charge in [0, 0.05) is 25.2 Å². The number of carbonyl (C=O) groups excluding carboxylic acids is 2. The van der Waals surface area contributed by atoms with Crippen LogP contribution < -0.4 is 10.7 Å². The summed E-state index contributed by atoms with van der Waals surface area (Å²) in [6.45, 7) is -0.329. The monoisotopic (exact) mass is 456 g/mol. The zero-order valence-corrected chi connectivity index (χ0v) is 17.8. The largest absolute Gasteiger partial charge is 0.343 e. The number of hydrogen-bond acceptors (Lipinski definition) is 5. The lowest BCUT2D eigenvalue weighted by molar-refractivity contribution is -0.120. The van der Waals surface area contributed by atoms with Crippen molar-refractivity contribution in [3.63, 3.8) is 0 Å². The highest BCUT2D eigenvalue weighted by Gasteiger charge is 2.17. The first-order chi connectivity index (χ1) is 13.6. The predicted octanol–water partition coefficient (Wildman–Crippen LogP) is 2.12. The molecule has 0 aliphatic carbocycles. The summed E-state index contributed by atoms with van der Waals surface area (Å²) in [5, 5.41) is 6.92. The fourth-order valence-corrected chi connectivity index (χ4v) is 3.49. The van der Waals surface area contributed by atoms with Gasteiger partial charge in [0.25, 0.3) is 11.8 Å². The Kier molecular flexibility index (Phi) is 7.74. The summed E-state index contributed by atoms with van der Waals surface area (Å²) in [7, 11) is -0.755. The molecule has 0 unspecified atom stereocenters. The van der Waals surface area contributed by atoms with E-state index in [1.54, 1.807) is 18.2 Å². The molecule has 11 heteroatoms. The number of halogens is 2. The van der Waals surface area contributed by atoms with Crippen LogP contribution in [-0.4, -0.2) is 51.4 Å². The maximum absolute atomic E-state index is 12.1. The number of sulfonamides is 1. The Hall–Kier alpha value is -2.46. The summed E-state index contributed by atoms with van der Waals surface area (Å²) in [6, 6.07) is 10.3. The molecule has 0 saturated carbocycles. The van der Waals surface area contributed by atoms with Crippen LogP contribution in [0.3, 0.4) is 0 Å². The quantitative estimate of drug-likeness (QED) is 0.491. The molecule has 2 N–H and O–H groups in total. The number of carbonyl (C=O) groups is 2. The van der Waals surface area contributed by atoms with Crippen molar-refractivity contribution in [1.29, 1.82) is 0 Å². The van der Waals surface area contributed by atoms with Crippen molar-refractivity contribution in [1.82, 2.24) is 15.0 Å². The topological polar surface area (TPSA) is 108 Å². The first-order valence-corrected chi connectivity index (χ1v) is 10.4. The average Bonchev–Trinajstić information content (AvgIpc) is 2.68. The molecule has 154 valence electrons. The van der Waals surface area contributed by atoms with Crippen LogP contribution in [0.4, 0.5) is 0 Å². The first-order valence-electron chi connectivity index (χ1n) is 8.19. The third kappa shape index (κ3) is 6.01. The summed E-state index contributed by atoms with van der Waals surface area (Å²) >= 11 is 12.0. The van der Waals surface area contributed by atoms with E-state index in [-0.39, 0.29) is 17.0 Å². The third-order valence-electron chi connectivity index (χ3n) is 3.69. The highest BCUT2D eigenvalue weighted by molar-refractivity contribution is 7.89. The van der Waals surface area contributed by atoms with Crippen LogP contribution in [0.1, 0.15) is 15.9 Å². The van der Waals surface area contributed by atoms with Gasteiger partial charge in [0.15, 0.2) is 0 Å². The summed E-state index contributed by atoms with van der Waals surface area (Å²) in [4.78, 5) is 24.0. The van der Waals surface area contributed by atoms with E-state index >= 15 is 0 Å². The maximum atomic E-state index is 12.1. The molecule has 0 spiro atoms. The molecule has 0 heterocycles. The summed E-state index contributed by atoms with van der Waals surface area (Å²) in [6.07, 6.45) is 1.30. The number of hydrazone groups is 1. The standard InChI is InChI=1S/C18H18Cl2N4O4S/c1-24(2)29(27,28)13-8-6-12(7-9-13)18(26)21-11-17(25)23-22-10-14-15(19)4-3-5-16(14)20/h3-10H,11H2,1-2H3,(H,21,26)(H,23,25)/b22-10+. The summed E-state index contributed by atoms with van der Waals surface area (Å²) in [5.41, 5.74) is 2.91. The lowest BCUT2D eigenvalue weighted by Crippen LogP contribution is -2.35. The van der Waals surface area contributed by atoms with Crippen LogP contribution in [-0.2, 0) is 14.8 Å². The number of hydrogen-bond donors (Lipinski definition) is 2. The fraction of sp³-hybridized carbons (Fsp3) is 0.167. The second kappa shape index (κ2) is 9.84. The molecule has 0 fully saturated rings. The molecule has 29 heavy (non-hydrogen) atoms. The second-order valence-corrected chi connectivity index (χ2v) is 8.89. The van der Waals surface area contributed by atoms with Crippen molar-refractivity contribution >= 4 is 51.3 Å². The predicted molar refractivity (Wildman–Crippen MR) is 112 cm³/mol. The molecule has 0 aliphatic rings. The Bertz CT molecular complexity index is 1020. The van der Waals surface area contributed by atoms with Crippen molar-refractivity contribution in [2.75, 3.05) is 20.6 Å². The summed E-state index contributed by atoms with van der Waals surface area (Å²) in [5.74, 6) is -1.10. The lowest BCUT2D eigenvalue weighted by atomic mass is 10.2. The molecule has 0 radical (unpaired) electrons. The van der Waals surface area contributed by atoms with E-state index in [2.05, 4.69) is 15.8 Å². The molecule has 0 atom stereocenters. The lowest BCUT2D eigenvalue weighted by Gasteiger charge is -2.11. The molecule has 0 saturated heterocycles. The Morgan fingerprint density at radius 1 is 1.07 bits per heavy atom. The number of rotatable bonds is 7. The average molecular weight is 457 g/mol. The maximum Gasteiger partial charge on any atom is 0.259 e. The second-order valence-electron chi connectivity index (χ2n) is 5.92. The Morgan fingerprint density at radius 2 is 1.66 bits per heavy atom. The van der Waals surface area contributed by atoms with E-state index in [4.69, 9.17) is 23.2 Å². The van der Waals surface area contributed by atoms with Gasteiger partial charge in [-0.2, -0.15) is 5.10 Å². The molecule has 0 aromatic heterocycles.